The van der Waals surface area contributed by atoms with Crippen molar-refractivity contribution < 1.29 is 54.5 Å². The van der Waals surface area contributed by atoms with Crippen molar-refractivity contribution in [3.05, 3.63) is 17.7 Å². The van der Waals surface area contributed by atoms with Crippen LogP contribution in [0.4, 0.5) is 0 Å². The number of aliphatic hydroxyl groups excluding tert-OH is 2. The van der Waals surface area contributed by atoms with Crippen molar-refractivity contribution in [3.8, 4) is 17.2 Å². The van der Waals surface area contributed by atoms with Gasteiger partial charge in [-0.05, 0) is 12.1 Å². The smallest absolute Gasteiger partial charge is 0.350 e. The van der Waals surface area contributed by atoms with Crippen LogP contribution < -0.4 is 0 Å². The summed E-state index contributed by atoms with van der Waals surface area (Å²) in [6, 6.07) is 1.46. The van der Waals surface area contributed by atoms with E-state index < -0.39 is 65.1 Å². The van der Waals surface area contributed by atoms with E-state index in [0.29, 0.717) is 0 Å². The number of carbonyl (C=O) groups excluding carboxylic acids is 2. The molecule has 2 rings (SSSR count). The fraction of sp³-hybridized carbons (Fsp3) is 0.308. The molecule has 24 heavy (non-hydrogen) atoms. The van der Waals surface area contributed by atoms with Crippen LogP contribution in [-0.4, -0.2) is 73.0 Å². The van der Waals surface area contributed by atoms with Crippen LogP contribution in [0.1, 0.15) is 10.4 Å². The highest BCUT2D eigenvalue weighted by Crippen LogP contribution is 2.35. The molecule has 6 N–H and O–H groups in total. The monoisotopic (exact) mass is 344 g/mol. The number of carboxylic acid groups (broad SMARTS) is 1. The number of aliphatic hydroxyl groups is 2. The van der Waals surface area contributed by atoms with Crippen molar-refractivity contribution in [1.29, 1.82) is 0 Å². The summed E-state index contributed by atoms with van der Waals surface area (Å²) in [5.74, 6) is -6.88. The quantitative estimate of drug-likeness (QED) is 0.263. The molecule has 1 heterocycles. The van der Waals surface area contributed by atoms with E-state index in [2.05, 4.69) is 9.47 Å². The van der Waals surface area contributed by atoms with Crippen molar-refractivity contribution in [2.45, 2.75) is 24.4 Å². The molecule has 1 saturated heterocycles. The number of cyclic esters (lactones) is 1. The highest BCUT2D eigenvalue weighted by Gasteiger charge is 2.51. The molecule has 0 aromatic heterocycles. The SMILES string of the molecule is O=C(OC1C(=O)OC(C(O)C(=O)O)C1O)c1cc(O)c(O)c(O)c1. The lowest BCUT2D eigenvalue weighted by Gasteiger charge is -2.17. The van der Waals surface area contributed by atoms with Gasteiger partial charge in [0.25, 0.3) is 0 Å². The molecule has 1 aliphatic heterocycles. The number of benzene rings is 1. The van der Waals surface area contributed by atoms with Crippen LogP contribution in [0.25, 0.3) is 0 Å². The summed E-state index contributed by atoms with van der Waals surface area (Å²) >= 11 is 0. The van der Waals surface area contributed by atoms with E-state index in [1.54, 1.807) is 0 Å². The van der Waals surface area contributed by atoms with Gasteiger partial charge in [-0.1, -0.05) is 0 Å². The fourth-order valence-corrected chi connectivity index (χ4v) is 2.00. The number of ether oxygens (including phenoxy) is 2. The van der Waals surface area contributed by atoms with E-state index in [4.69, 9.17) is 5.11 Å². The maximum Gasteiger partial charge on any atom is 0.350 e. The molecular weight excluding hydrogens is 332 g/mol. The average molecular weight is 344 g/mol. The van der Waals surface area contributed by atoms with Crippen LogP contribution in [0.5, 0.6) is 17.2 Å². The van der Waals surface area contributed by atoms with Crippen LogP contribution in [0.15, 0.2) is 12.1 Å². The molecule has 0 saturated carbocycles. The van der Waals surface area contributed by atoms with Crippen LogP contribution in [0, 0.1) is 0 Å². The molecule has 130 valence electrons. The zero-order valence-electron chi connectivity index (χ0n) is 11.7. The van der Waals surface area contributed by atoms with E-state index in [1.807, 2.05) is 0 Å². The molecule has 4 unspecified atom stereocenters. The first-order chi connectivity index (χ1) is 11.1. The summed E-state index contributed by atoms with van der Waals surface area (Å²) in [5, 5.41) is 55.6. The lowest BCUT2D eigenvalue weighted by atomic mass is 10.1. The largest absolute Gasteiger partial charge is 0.504 e. The number of rotatable bonds is 4. The van der Waals surface area contributed by atoms with Gasteiger partial charge in [-0.2, -0.15) is 0 Å². The van der Waals surface area contributed by atoms with Gasteiger partial charge in [-0.15, -0.1) is 0 Å². The third kappa shape index (κ3) is 3.02. The fourth-order valence-electron chi connectivity index (χ4n) is 2.00. The second-order valence-corrected chi connectivity index (χ2v) is 4.86. The van der Waals surface area contributed by atoms with Crippen molar-refractivity contribution in [2.24, 2.45) is 0 Å². The molecule has 1 aromatic rings. The first-order valence-electron chi connectivity index (χ1n) is 6.38. The first-order valence-corrected chi connectivity index (χ1v) is 6.38. The first kappa shape index (κ1) is 17.3. The molecule has 0 spiro atoms. The van der Waals surface area contributed by atoms with Crippen LogP contribution >= 0.6 is 0 Å². The second-order valence-electron chi connectivity index (χ2n) is 4.86. The minimum absolute atomic E-state index is 0.468. The highest BCUT2D eigenvalue weighted by atomic mass is 16.6. The maximum absolute atomic E-state index is 11.9. The van der Waals surface area contributed by atoms with Gasteiger partial charge in [0, 0.05) is 0 Å². The van der Waals surface area contributed by atoms with Crippen molar-refractivity contribution >= 4 is 17.9 Å². The van der Waals surface area contributed by atoms with E-state index in [9.17, 15) is 39.9 Å². The molecule has 11 nitrogen and oxygen atoms in total. The van der Waals surface area contributed by atoms with Crippen LogP contribution in [0.3, 0.4) is 0 Å². The van der Waals surface area contributed by atoms with Crippen molar-refractivity contribution in [2.75, 3.05) is 0 Å². The maximum atomic E-state index is 11.9. The minimum atomic E-state index is -2.23. The molecule has 1 fully saturated rings. The third-order valence-corrected chi connectivity index (χ3v) is 3.23. The Labute approximate surface area is 132 Å². The van der Waals surface area contributed by atoms with E-state index in [1.165, 1.54) is 0 Å². The number of hydrogen-bond acceptors (Lipinski definition) is 10. The molecule has 0 aliphatic carbocycles. The summed E-state index contributed by atoms with van der Waals surface area (Å²) in [5.41, 5.74) is -0.468. The van der Waals surface area contributed by atoms with Gasteiger partial charge >= 0.3 is 17.9 Å². The topological polar surface area (TPSA) is 191 Å². The van der Waals surface area contributed by atoms with Crippen LogP contribution in [-0.2, 0) is 19.1 Å². The van der Waals surface area contributed by atoms with E-state index in [0.717, 1.165) is 12.1 Å². The zero-order chi connectivity index (χ0) is 18.2. The number of carboxylic acids is 1. The highest BCUT2D eigenvalue weighted by molar-refractivity contribution is 5.93. The molecule has 4 atom stereocenters. The Morgan fingerprint density at radius 1 is 1.17 bits per heavy atom. The Bertz CT molecular complexity index is 674. The third-order valence-electron chi connectivity index (χ3n) is 3.23. The van der Waals surface area contributed by atoms with E-state index >= 15 is 0 Å². The summed E-state index contributed by atoms with van der Waals surface area (Å²) in [6.45, 7) is 0. The van der Waals surface area contributed by atoms with Gasteiger partial charge in [0.15, 0.2) is 29.5 Å². The molecule has 1 aromatic carbocycles. The number of phenolic OH excluding ortho intramolecular Hbond substituents is 3. The van der Waals surface area contributed by atoms with Gasteiger partial charge in [-0.3, -0.25) is 0 Å². The van der Waals surface area contributed by atoms with Crippen molar-refractivity contribution in [3.63, 3.8) is 0 Å². The molecular formula is C13H12O11. The predicted octanol–water partition coefficient (Wildman–Crippen LogP) is -1.94. The van der Waals surface area contributed by atoms with Gasteiger partial charge in [0.2, 0.25) is 6.10 Å². The molecule has 0 bridgehead atoms. The number of phenols is 3. The molecule has 0 amide bonds. The van der Waals surface area contributed by atoms with E-state index in [-0.39, 0.29) is 0 Å². The number of aliphatic carboxylic acids is 1. The lowest BCUT2D eigenvalue weighted by molar-refractivity contribution is -0.161. The standard InChI is InChI=1S/C13H12O11/c14-4-1-3(2-5(15)6(4)16)12(21)24-10-7(17)9(23-13(10)22)8(18)11(19)20/h1-2,7-10,14-18H,(H,19,20). The Kier molecular flexibility index (Phi) is 4.48. The summed E-state index contributed by atoms with van der Waals surface area (Å²) in [4.78, 5) is 34.1. The molecule has 1 aliphatic rings. The minimum Gasteiger partial charge on any atom is -0.504 e. The normalized spacial score (nSPS) is 24.2. The Morgan fingerprint density at radius 2 is 1.71 bits per heavy atom. The zero-order valence-corrected chi connectivity index (χ0v) is 11.7. The van der Waals surface area contributed by atoms with Crippen molar-refractivity contribution in [1.82, 2.24) is 0 Å². The van der Waals surface area contributed by atoms with Gasteiger partial charge in [0.1, 0.15) is 6.10 Å². The number of esters is 2. The van der Waals surface area contributed by atoms with Gasteiger partial charge in [0.05, 0.1) is 5.56 Å². The summed E-state index contributed by atoms with van der Waals surface area (Å²) in [6.07, 6.45) is -7.94. The average Bonchev–Trinajstić information content (AvgIpc) is 2.79. The summed E-state index contributed by atoms with van der Waals surface area (Å²) < 4.78 is 9.14. The summed E-state index contributed by atoms with van der Waals surface area (Å²) in [7, 11) is 0. The van der Waals surface area contributed by atoms with Gasteiger partial charge in [-0.25, -0.2) is 14.4 Å². The second kappa shape index (κ2) is 6.22. The lowest BCUT2D eigenvalue weighted by Crippen LogP contribution is -2.43. The predicted molar refractivity (Wildman–Crippen MR) is 70.2 cm³/mol. The Balaban J connectivity index is 2.17. The molecule has 0 radical (unpaired) electrons. The molecule has 11 heteroatoms. The van der Waals surface area contributed by atoms with Gasteiger partial charge < -0.3 is 40.1 Å². The number of aromatic hydroxyl groups is 3. The number of hydrogen-bond donors (Lipinski definition) is 6. The Morgan fingerprint density at radius 3 is 2.21 bits per heavy atom. The van der Waals surface area contributed by atoms with Crippen LogP contribution in [0.2, 0.25) is 0 Å². The number of carbonyl (C=O) groups is 3. The Hall–Kier alpha value is -3.05.